The van der Waals surface area contributed by atoms with Crippen LogP contribution in [0.2, 0.25) is 0 Å². The van der Waals surface area contributed by atoms with Gasteiger partial charge in [-0.25, -0.2) is 0 Å². The SMILES string of the molecule is CCCCC=CCCCCCCCC(=O)OCCCCCCCCCCCCCCCCCCCCCCC(C)C. The highest BCUT2D eigenvalue weighted by molar-refractivity contribution is 5.69. The molecule has 0 heterocycles. The number of esters is 1. The van der Waals surface area contributed by atoms with Crippen molar-refractivity contribution in [3.05, 3.63) is 12.2 Å². The highest BCUT2D eigenvalue weighted by Gasteiger charge is 2.02. The molecule has 41 heavy (non-hydrogen) atoms. The first kappa shape index (κ1) is 40.2. The maximum atomic E-state index is 11.9. The van der Waals surface area contributed by atoms with Crippen LogP contribution in [-0.2, 0) is 9.53 Å². The summed E-state index contributed by atoms with van der Waals surface area (Å²) in [5.41, 5.74) is 0. The highest BCUT2D eigenvalue weighted by atomic mass is 16.5. The topological polar surface area (TPSA) is 26.3 Å². The van der Waals surface area contributed by atoms with Gasteiger partial charge in [-0.3, -0.25) is 4.79 Å². The first-order valence-corrected chi connectivity index (χ1v) is 19.0. The van der Waals surface area contributed by atoms with E-state index in [1.807, 2.05) is 0 Å². The van der Waals surface area contributed by atoms with Crippen LogP contribution in [0.4, 0.5) is 0 Å². The Morgan fingerprint density at radius 1 is 0.488 bits per heavy atom. The summed E-state index contributed by atoms with van der Waals surface area (Å²) in [6.07, 6.45) is 45.7. The fraction of sp³-hybridized carbons (Fsp3) is 0.923. The number of hydrogen-bond acceptors (Lipinski definition) is 2. The Kier molecular flexibility index (Phi) is 34.7. The van der Waals surface area contributed by atoms with Crippen LogP contribution in [0.15, 0.2) is 12.2 Å². The predicted molar refractivity (Wildman–Crippen MR) is 184 cm³/mol. The monoisotopic (exact) mass is 577 g/mol. The lowest BCUT2D eigenvalue weighted by atomic mass is 10.0. The normalized spacial score (nSPS) is 11.7. The number of allylic oxidation sites excluding steroid dienone is 2. The van der Waals surface area contributed by atoms with Crippen molar-refractivity contribution in [3.63, 3.8) is 0 Å². The summed E-state index contributed by atoms with van der Waals surface area (Å²) in [6.45, 7) is 7.55. The highest BCUT2D eigenvalue weighted by Crippen LogP contribution is 2.16. The summed E-state index contributed by atoms with van der Waals surface area (Å²) < 4.78 is 5.43. The van der Waals surface area contributed by atoms with Gasteiger partial charge < -0.3 is 4.74 Å². The van der Waals surface area contributed by atoms with E-state index in [1.54, 1.807) is 0 Å². The predicted octanol–water partition coefficient (Wildman–Crippen LogP) is 13.9. The fourth-order valence-corrected chi connectivity index (χ4v) is 5.71. The van der Waals surface area contributed by atoms with E-state index in [0.717, 1.165) is 25.2 Å². The van der Waals surface area contributed by atoms with Gasteiger partial charge in [-0.05, 0) is 38.0 Å². The summed E-state index contributed by atoms with van der Waals surface area (Å²) in [6, 6.07) is 0. The van der Waals surface area contributed by atoms with E-state index in [4.69, 9.17) is 4.74 Å². The van der Waals surface area contributed by atoms with E-state index in [2.05, 4.69) is 32.9 Å². The molecule has 0 spiro atoms. The van der Waals surface area contributed by atoms with Crippen molar-refractivity contribution < 1.29 is 9.53 Å². The lowest BCUT2D eigenvalue weighted by molar-refractivity contribution is -0.143. The maximum Gasteiger partial charge on any atom is 0.305 e. The molecule has 0 amide bonds. The van der Waals surface area contributed by atoms with E-state index < -0.39 is 0 Å². The second kappa shape index (κ2) is 35.4. The van der Waals surface area contributed by atoms with Crippen LogP contribution < -0.4 is 0 Å². The van der Waals surface area contributed by atoms with Crippen molar-refractivity contribution in [2.75, 3.05) is 6.61 Å². The van der Waals surface area contributed by atoms with Gasteiger partial charge in [0.2, 0.25) is 0 Å². The molecule has 0 aliphatic carbocycles. The molecule has 2 nitrogen and oxygen atoms in total. The molecule has 0 aromatic rings. The van der Waals surface area contributed by atoms with Gasteiger partial charge in [-0.1, -0.05) is 193 Å². The molecule has 0 unspecified atom stereocenters. The largest absolute Gasteiger partial charge is 0.466 e. The molecule has 0 saturated carbocycles. The van der Waals surface area contributed by atoms with Crippen LogP contribution in [-0.4, -0.2) is 12.6 Å². The molecule has 244 valence electrons. The molecule has 0 N–H and O–H groups in total. The van der Waals surface area contributed by atoms with Gasteiger partial charge in [-0.15, -0.1) is 0 Å². The third kappa shape index (κ3) is 37.2. The second-order valence-corrected chi connectivity index (χ2v) is 13.4. The zero-order valence-corrected chi connectivity index (χ0v) is 28.7. The number of carbonyl (C=O) groups excluding carboxylic acids is 1. The molecule has 0 fully saturated rings. The second-order valence-electron chi connectivity index (χ2n) is 13.4. The Labute approximate surface area is 259 Å². The quantitative estimate of drug-likeness (QED) is 0.0432. The summed E-state index contributed by atoms with van der Waals surface area (Å²) >= 11 is 0. The molecule has 0 aliphatic heterocycles. The molecule has 0 saturated heterocycles. The molecule has 0 bridgehead atoms. The Balaban J connectivity index is 3.15. The molecule has 0 aromatic carbocycles. The Morgan fingerprint density at radius 2 is 0.854 bits per heavy atom. The number of carbonyl (C=O) groups is 1. The molecule has 0 radical (unpaired) electrons. The van der Waals surface area contributed by atoms with E-state index >= 15 is 0 Å². The van der Waals surface area contributed by atoms with Crippen molar-refractivity contribution in [1.82, 2.24) is 0 Å². The van der Waals surface area contributed by atoms with Gasteiger partial charge >= 0.3 is 5.97 Å². The van der Waals surface area contributed by atoms with Crippen molar-refractivity contribution in [1.29, 1.82) is 0 Å². The molecule has 2 heteroatoms. The minimum atomic E-state index is 0.0158. The Morgan fingerprint density at radius 3 is 1.29 bits per heavy atom. The average Bonchev–Trinajstić information content (AvgIpc) is 2.96. The zero-order valence-electron chi connectivity index (χ0n) is 28.7. The molecule has 0 atom stereocenters. The minimum Gasteiger partial charge on any atom is -0.466 e. The zero-order chi connectivity index (χ0) is 29.9. The first-order valence-electron chi connectivity index (χ1n) is 19.0. The summed E-state index contributed by atoms with van der Waals surface area (Å²) in [4.78, 5) is 11.9. The maximum absolute atomic E-state index is 11.9. The third-order valence-electron chi connectivity index (χ3n) is 8.58. The van der Waals surface area contributed by atoms with Gasteiger partial charge in [0.1, 0.15) is 0 Å². The minimum absolute atomic E-state index is 0.0158. The van der Waals surface area contributed by atoms with Crippen LogP contribution in [0.3, 0.4) is 0 Å². The van der Waals surface area contributed by atoms with Crippen LogP contribution in [0.5, 0.6) is 0 Å². The van der Waals surface area contributed by atoms with Gasteiger partial charge in [0.05, 0.1) is 6.61 Å². The van der Waals surface area contributed by atoms with Crippen molar-refractivity contribution in [2.24, 2.45) is 5.92 Å². The molecular weight excluding hydrogens is 500 g/mol. The van der Waals surface area contributed by atoms with E-state index in [1.165, 1.54) is 173 Å². The first-order chi connectivity index (χ1) is 20.2. The summed E-state index contributed by atoms with van der Waals surface area (Å²) in [5, 5.41) is 0. The number of unbranched alkanes of at least 4 members (excludes halogenated alkanes) is 26. The molecular formula is C39H76O2. The summed E-state index contributed by atoms with van der Waals surface area (Å²) in [7, 11) is 0. The van der Waals surface area contributed by atoms with Crippen molar-refractivity contribution in [3.8, 4) is 0 Å². The van der Waals surface area contributed by atoms with E-state index in [-0.39, 0.29) is 5.97 Å². The number of ether oxygens (including phenoxy) is 1. The van der Waals surface area contributed by atoms with Gasteiger partial charge in [0, 0.05) is 6.42 Å². The lowest BCUT2D eigenvalue weighted by Gasteiger charge is -2.06. The Bertz CT molecular complexity index is 524. The van der Waals surface area contributed by atoms with Gasteiger partial charge in [0.25, 0.3) is 0 Å². The van der Waals surface area contributed by atoms with Gasteiger partial charge in [0.15, 0.2) is 0 Å². The third-order valence-corrected chi connectivity index (χ3v) is 8.58. The number of rotatable bonds is 34. The van der Waals surface area contributed by atoms with E-state index in [9.17, 15) is 4.79 Å². The molecule has 0 aromatic heterocycles. The van der Waals surface area contributed by atoms with Crippen LogP contribution >= 0.6 is 0 Å². The summed E-state index contributed by atoms with van der Waals surface area (Å²) in [5.74, 6) is 0.899. The van der Waals surface area contributed by atoms with Gasteiger partial charge in [-0.2, -0.15) is 0 Å². The average molecular weight is 577 g/mol. The molecule has 0 rings (SSSR count). The lowest BCUT2D eigenvalue weighted by Crippen LogP contribution is -2.05. The van der Waals surface area contributed by atoms with Crippen LogP contribution in [0.1, 0.15) is 220 Å². The van der Waals surface area contributed by atoms with Crippen molar-refractivity contribution in [2.45, 2.75) is 220 Å². The standard InChI is InChI=1S/C39H76O2/c1-4-5-6-7-8-9-20-24-27-30-33-36-39(40)41-37-34-31-28-25-22-19-17-15-13-11-10-12-14-16-18-21-23-26-29-32-35-38(2)3/h7-8,38H,4-6,9-37H2,1-3H3. The molecule has 0 aliphatic rings. The van der Waals surface area contributed by atoms with Crippen molar-refractivity contribution >= 4 is 5.97 Å². The van der Waals surface area contributed by atoms with E-state index in [0.29, 0.717) is 13.0 Å². The fourth-order valence-electron chi connectivity index (χ4n) is 5.71. The van der Waals surface area contributed by atoms with Crippen LogP contribution in [0.25, 0.3) is 0 Å². The smallest absolute Gasteiger partial charge is 0.305 e. The Hall–Kier alpha value is -0.790. The van der Waals surface area contributed by atoms with Crippen LogP contribution in [0, 0.1) is 5.92 Å². The number of hydrogen-bond donors (Lipinski definition) is 0.